The summed E-state index contributed by atoms with van der Waals surface area (Å²) < 4.78 is 13.6. The van der Waals surface area contributed by atoms with Crippen molar-refractivity contribution in [2.24, 2.45) is 5.73 Å². The van der Waals surface area contributed by atoms with Gasteiger partial charge in [0.2, 0.25) is 5.91 Å². The smallest absolute Gasteiger partial charge is 0.318 e. The van der Waals surface area contributed by atoms with Gasteiger partial charge in [-0.2, -0.15) is 5.26 Å². The maximum Gasteiger partial charge on any atom is 0.318 e. The normalized spacial score (nSPS) is 17.5. The molecular formula is C18H14ClFN4O2. The van der Waals surface area contributed by atoms with Gasteiger partial charge in [-0.3, -0.25) is 4.79 Å². The first-order valence-electron chi connectivity index (χ1n) is 7.72. The molecular weight excluding hydrogens is 359 g/mol. The van der Waals surface area contributed by atoms with Gasteiger partial charge in [0.1, 0.15) is 11.9 Å². The summed E-state index contributed by atoms with van der Waals surface area (Å²) in [6, 6.07) is 10.9. The molecule has 132 valence electrons. The maximum atomic E-state index is 13.6. The van der Waals surface area contributed by atoms with Crippen LogP contribution in [0.25, 0.3) is 0 Å². The van der Waals surface area contributed by atoms with Crippen molar-refractivity contribution >= 4 is 23.5 Å². The Kier molecular flexibility index (Phi) is 4.78. The van der Waals surface area contributed by atoms with E-state index in [4.69, 9.17) is 22.6 Å². The van der Waals surface area contributed by atoms with Crippen LogP contribution in [0.5, 0.6) is 0 Å². The Morgan fingerprint density at radius 1 is 1.31 bits per heavy atom. The summed E-state index contributed by atoms with van der Waals surface area (Å²) in [5.74, 6) is -1.22. The molecule has 1 saturated heterocycles. The molecule has 2 atom stereocenters. The number of hydrogen-bond donors (Lipinski definition) is 2. The Bertz CT molecular complexity index is 910. The Balaban J connectivity index is 2.06. The van der Waals surface area contributed by atoms with Crippen LogP contribution in [-0.4, -0.2) is 29.4 Å². The number of amides is 3. The average molecular weight is 373 g/mol. The molecule has 0 bridgehead atoms. The Labute approximate surface area is 154 Å². The summed E-state index contributed by atoms with van der Waals surface area (Å²) in [5, 5.41) is 11.4. The number of halogens is 2. The average Bonchev–Trinajstić information content (AvgIpc) is 3.01. The van der Waals surface area contributed by atoms with Gasteiger partial charge in [0.15, 0.2) is 0 Å². The van der Waals surface area contributed by atoms with Gasteiger partial charge >= 0.3 is 6.03 Å². The number of carbonyl (C=O) groups is 2. The second-order valence-electron chi connectivity index (χ2n) is 5.87. The highest BCUT2D eigenvalue weighted by atomic mass is 35.5. The summed E-state index contributed by atoms with van der Waals surface area (Å²) in [6.07, 6.45) is 0. The standard InChI is InChI=1S/C18H14ClFN4O2/c19-13-7-12(5-6-14(13)20)16(11-3-1-10(8-21)2-4-11)24-9-15(17(22)25)23-18(24)26/h1-7,15-16H,9H2,(H2,22,25)(H,23,26)/t15?,16-/m1/s1. The van der Waals surface area contributed by atoms with Crippen molar-refractivity contribution in [1.82, 2.24) is 10.2 Å². The Morgan fingerprint density at radius 3 is 2.50 bits per heavy atom. The summed E-state index contributed by atoms with van der Waals surface area (Å²) in [5.41, 5.74) is 7.02. The molecule has 0 saturated carbocycles. The quantitative estimate of drug-likeness (QED) is 0.861. The van der Waals surface area contributed by atoms with Crippen LogP contribution < -0.4 is 11.1 Å². The van der Waals surface area contributed by atoms with Gasteiger partial charge in [-0.25, -0.2) is 9.18 Å². The van der Waals surface area contributed by atoms with Gasteiger partial charge < -0.3 is 16.0 Å². The van der Waals surface area contributed by atoms with E-state index in [-0.39, 0.29) is 11.6 Å². The Hall–Kier alpha value is -3.11. The van der Waals surface area contributed by atoms with E-state index in [1.54, 1.807) is 24.3 Å². The van der Waals surface area contributed by atoms with E-state index in [1.165, 1.54) is 23.1 Å². The number of nitrogens with zero attached hydrogens (tertiary/aromatic N) is 2. The topological polar surface area (TPSA) is 99.2 Å². The van der Waals surface area contributed by atoms with E-state index in [0.29, 0.717) is 16.7 Å². The largest absolute Gasteiger partial charge is 0.368 e. The predicted octanol–water partition coefficient (Wildman–Crippen LogP) is 2.32. The monoisotopic (exact) mass is 372 g/mol. The zero-order chi connectivity index (χ0) is 18.8. The van der Waals surface area contributed by atoms with Crippen molar-refractivity contribution in [2.75, 3.05) is 6.54 Å². The van der Waals surface area contributed by atoms with Crippen LogP contribution >= 0.6 is 11.6 Å². The lowest BCUT2D eigenvalue weighted by Crippen LogP contribution is -2.39. The van der Waals surface area contributed by atoms with Crippen molar-refractivity contribution in [3.63, 3.8) is 0 Å². The molecule has 1 fully saturated rings. The molecule has 26 heavy (non-hydrogen) atoms. The second kappa shape index (κ2) is 7.02. The van der Waals surface area contributed by atoms with E-state index >= 15 is 0 Å². The molecule has 0 radical (unpaired) electrons. The molecule has 3 N–H and O–H groups in total. The molecule has 1 aliphatic heterocycles. The fourth-order valence-corrected chi connectivity index (χ4v) is 3.10. The SMILES string of the molecule is N#Cc1ccc([C@H](c2ccc(F)c(Cl)c2)N2CC(C(N)=O)NC2=O)cc1. The predicted molar refractivity (Wildman–Crippen MR) is 92.6 cm³/mol. The first-order valence-corrected chi connectivity index (χ1v) is 8.10. The van der Waals surface area contributed by atoms with Crippen molar-refractivity contribution in [1.29, 1.82) is 5.26 Å². The zero-order valence-corrected chi connectivity index (χ0v) is 14.2. The first-order chi connectivity index (χ1) is 12.4. The number of primary amides is 1. The van der Waals surface area contributed by atoms with Gasteiger partial charge in [-0.05, 0) is 35.4 Å². The summed E-state index contributed by atoms with van der Waals surface area (Å²) in [7, 11) is 0. The highest BCUT2D eigenvalue weighted by Gasteiger charge is 2.38. The highest BCUT2D eigenvalue weighted by molar-refractivity contribution is 6.30. The molecule has 2 aromatic rings. The molecule has 0 spiro atoms. The fraction of sp³-hybridized carbons (Fsp3) is 0.167. The summed E-state index contributed by atoms with van der Waals surface area (Å²) >= 11 is 5.90. The minimum Gasteiger partial charge on any atom is -0.368 e. The lowest BCUT2D eigenvalue weighted by molar-refractivity contribution is -0.119. The highest BCUT2D eigenvalue weighted by Crippen LogP contribution is 2.33. The van der Waals surface area contributed by atoms with Crippen molar-refractivity contribution in [3.05, 3.63) is 70.0 Å². The molecule has 6 nitrogen and oxygen atoms in total. The summed E-state index contributed by atoms with van der Waals surface area (Å²) in [6.45, 7) is 0.0633. The molecule has 1 heterocycles. The molecule has 0 aromatic heterocycles. The van der Waals surface area contributed by atoms with Gasteiger partial charge in [-0.1, -0.05) is 29.8 Å². The third-order valence-electron chi connectivity index (χ3n) is 4.21. The molecule has 8 heteroatoms. The lowest BCUT2D eigenvalue weighted by atomic mass is 9.96. The van der Waals surface area contributed by atoms with Crippen LogP contribution in [-0.2, 0) is 4.79 Å². The van der Waals surface area contributed by atoms with Crippen LogP contribution in [0, 0.1) is 17.1 Å². The van der Waals surface area contributed by atoms with Crippen molar-refractivity contribution in [2.45, 2.75) is 12.1 Å². The minimum absolute atomic E-state index is 0.0633. The number of rotatable bonds is 4. The van der Waals surface area contributed by atoms with Crippen LogP contribution in [0.4, 0.5) is 9.18 Å². The van der Waals surface area contributed by atoms with Gasteiger partial charge in [0.05, 0.1) is 29.2 Å². The zero-order valence-electron chi connectivity index (χ0n) is 13.4. The third-order valence-corrected chi connectivity index (χ3v) is 4.50. The van der Waals surface area contributed by atoms with Crippen LogP contribution in [0.3, 0.4) is 0 Å². The molecule has 2 aromatic carbocycles. The number of carbonyl (C=O) groups excluding carboxylic acids is 2. The maximum absolute atomic E-state index is 13.6. The van der Waals surface area contributed by atoms with Crippen LogP contribution in [0.1, 0.15) is 22.7 Å². The molecule has 3 rings (SSSR count). The Morgan fingerprint density at radius 2 is 1.96 bits per heavy atom. The van der Waals surface area contributed by atoms with Crippen LogP contribution in [0.15, 0.2) is 42.5 Å². The molecule has 3 amide bonds. The number of nitrogens with one attached hydrogen (secondary N) is 1. The van der Waals surface area contributed by atoms with E-state index in [9.17, 15) is 14.0 Å². The third kappa shape index (κ3) is 3.32. The molecule has 0 aliphatic carbocycles. The van der Waals surface area contributed by atoms with Crippen molar-refractivity contribution < 1.29 is 14.0 Å². The number of urea groups is 1. The number of nitrogens with two attached hydrogens (primary N) is 1. The van der Waals surface area contributed by atoms with Gasteiger partial charge in [0.25, 0.3) is 0 Å². The second-order valence-corrected chi connectivity index (χ2v) is 6.27. The van der Waals surface area contributed by atoms with E-state index in [1.807, 2.05) is 6.07 Å². The summed E-state index contributed by atoms with van der Waals surface area (Å²) in [4.78, 5) is 25.3. The first kappa shape index (κ1) is 17.7. The molecule has 1 aliphatic rings. The van der Waals surface area contributed by atoms with E-state index in [0.717, 1.165) is 0 Å². The van der Waals surface area contributed by atoms with E-state index in [2.05, 4.69) is 5.32 Å². The molecule has 1 unspecified atom stereocenters. The van der Waals surface area contributed by atoms with E-state index < -0.39 is 29.8 Å². The van der Waals surface area contributed by atoms with Gasteiger partial charge in [-0.15, -0.1) is 0 Å². The van der Waals surface area contributed by atoms with Gasteiger partial charge in [0, 0.05) is 0 Å². The minimum atomic E-state index is -0.820. The lowest BCUT2D eigenvalue weighted by Gasteiger charge is -2.28. The van der Waals surface area contributed by atoms with Crippen LogP contribution in [0.2, 0.25) is 5.02 Å². The number of hydrogen-bond acceptors (Lipinski definition) is 3. The number of nitriles is 1. The fourth-order valence-electron chi connectivity index (χ4n) is 2.92. The van der Waals surface area contributed by atoms with Crippen molar-refractivity contribution in [3.8, 4) is 6.07 Å². The number of benzene rings is 2.